The first-order valence-corrected chi connectivity index (χ1v) is 10.8. The second-order valence-corrected chi connectivity index (χ2v) is 8.03. The maximum absolute atomic E-state index is 13.8. The highest BCUT2D eigenvalue weighted by molar-refractivity contribution is 7.22. The summed E-state index contributed by atoms with van der Waals surface area (Å²) in [6, 6.07) is 13.2. The van der Waals surface area contributed by atoms with Crippen molar-refractivity contribution in [2.24, 2.45) is 0 Å². The van der Waals surface area contributed by atoms with Gasteiger partial charge in [-0.1, -0.05) is 17.4 Å². The van der Waals surface area contributed by atoms with Crippen molar-refractivity contribution in [3.8, 4) is 17.2 Å². The van der Waals surface area contributed by atoms with Crippen molar-refractivity contribution >= 4 is 38.3 Å². The molecule has 0 N–H and O–H groups in total. The summed E-state index contributed by atoms with van der Waals surface area (Å²) in [7, 11) is 4.32. The minimum Gasteiger partial charge on any atom is -0.497 e. The number of anilines is 1. The van der Waals surface area contributed by atoms with Gasteiger partial charge in [0, 0.05) is 18.3 Å². The van der Waals surface area contributed by atoms with E-state index < -0.39 is 16.5 Å². The minimum absolute atomic E-state index is 0.0577. The van der Waals surface area contributed by atoms with Gasteiger partial charge in [0.1, 0.15) is 11.3 Å². The summed E-state index contributed by atoms with van der Waals surface area (Å²) in [6.07, 6.45) is 1.61. The number of methoxy groups -OCH3 is 3. The number of hydrogen-bond donors (Lipinski definition) is 0. The molecule has 2 heterocycles. The summed E-state index contributed by atoms with van der Waals surface area (Å²) >= 11 is 1.28. The number of nitro benzene ring substituents is 1. The molecule has 0 saturated heterocycles. The van der Waals surface area contributed by atoms with Crippen LogP contribution in [0.3, 0.4) is 0 Å². The number of fused-ring (bicyclic) bond motifs is 1. The molecule has 11 heteroatoms. The van der Waals surface area contributed by atoms with Gasteiger partial charge in [0.25, 0.3) is 11.6 Å². The summed E-state index contributed by atoms with van der Waals surface area (Å²) in [6.45, 7) is 0.0577. The average molecular weight is 481 g/mol. The lowest BCUT2D eigenvalue weighted by Gasteiger charge is -2.20. The van der Waals surface area contributed by atoms with Gasteiger partial charge in [0.05, 0.1) is 54.8 Å². The monoisotopic (exact) mass is 480 g/mol. The van der Waals surface area contributed by atoms with Crippen LogP contribution in [0.2, 0.25) is 0 Å². The SMILES string of the molecule is COc1ccc2sc(N(Cc3ccccn3)C(=O)c3cc(OC)c(OC)cc3[N+](=O)[O-])nc2c1. The topological polar surface area (TPSA) is 117 Å². The zero-order valence-electron chi connectivity index (χ0n) is 18.5. The van der Waals surface area contributed by atoms with Crippen molar-refractivity contribution in [2.75, 3.05) is 26.2 Å². The van der Waals surface area contributed by atoms with E-state index in [4.69, 9.17) is 14.2 Å². The number of benzene rings is 2. The molecule has 4 rings (SSSR count). The first-order chi connectivity index (χ1) is 16.4. The third-order valence-electron chi connectivity index (χ3n) is 5.03. The molecule has 2 aromatic heterocycles. The van der Waals surface area contributed by atoms with Crippen molar-refractivity contribution < 1.29 is 23.9 Å². The molecule has 0 fully saturated rings. The fourth-order valence-electron chi connectivity index (χ4n) is 3.35. The van der Waals surface area contributed by atoms with Gasteiger partial charge < -0.3 is 14.2 Å². The molecule has 4 aromatic rings. The number of pyridine rings is 1. The highest BCUT2D eigenvalue weighted by Crippen LogP contribution is 2.37. The van der Waals surface area contributed by atoms with Gasteiger partial charge in [-0.05, 0) is 24.3 Å². The molecule has 0 bridgehead atoms. The molecular formula is C23H20N4O6S. The number of hydrogen-bond acceptors (Lipinski definition) is 9. The third kappa shape index (κ3) is 4.46. The van der Waals surface area contributed by atoms with Gasteiger partial charge in [-0.2, -0.15) is 0 Å². The molecule has 10 nitrogen and oxygen atoms in total. The summed E-state index contributed by atoms with van der Waals surface area (Å²) in [5.41, 5.74) is 0.669. The second-order valence-electron chi connectivity index (χ2n) is 7.02. The highest BCUT2D eigenvalue weighted by Gasteiger charge is 2.30. The number of ether oxygens (including phenoxy) is 3. The van der Waals surface area contributed by atoms with Crippen LogP contribution >= 0.6 is 11.3 Å². The Hall–Kier alpha value is -4.25. The smallest absolute Gasteiger partial charge is 0.286 e. The molecule has 0 radical (unpaired) electrons. The standard InChI is InChI=1S/C23H20N4O6S/c1-31-15-7-8-21-17(10-15)25-23(34-21)26(13-14-6-4-5-9-24-14)22(28)16-11-19(32-2)20(33-3)12-18(16)27(29)30/h4-12H,13H2,1-3H3. The average Bonchev–Trinajstić information content (AvgIpc) is 3.29. The summed E-state index contributed by atoms with van der Waals surface area (Å²) in [5, 5.41) is 12.2. The minimum atomic E-state index is -0.628. The molecule has 0 aliphatic rings. The Balaban J connectivity index is 1.86. The van der Waals surface area contributed by atoms with E-state index in [0.29, 0.717) is 22.1 Å². The normalized spacial score (nSPS) is 10.7. The lowest BCUT2D eigenvalue weighted by Crippen LogP contribution is -2.31. The van der Waals surface area contributed by atoms with E-state index in [0.717, 1.165) is 4.70 Å². The highest BCUT2D eigenvalue weighted by atomic mass is 32.1. The second kappa shape index (κ2) is 9.71. The Morgan fingerprint density at radius 1 is 1.06 bits per heavy atom. The maximum Gasteiger partial charge on any atom is 0.286 e. The van der Waals surface area contributed by atoms with Crippen LogP contribution in [0.15, 0.2) is 54.7 Å². The summed E-state index contributed by atoms with van der Waals surface area (Å²) in [4.78, 5) is 35.3. The molecule has 0 unspecified atom stereocenters. The summed E-state index contributed by atoms with van der Waals surface area (Å²) in [5.74, 6) is 0.351. The largest absolute Gasteiger partial charge is 0.497 e. The Kier molecular flexibility index (Phi) is 6.55. The molecule has 0 saturated carbocycles. The Bertz CT molecular complexity index is 1360. The molecule has 2 aromatic carbocycles. The van der Waals surface area contributed by atoms with Crippen LogP contribution in [0.4, 0.5) is 10.8 Å². The first kappa shape index (κ1) is 22.9. The van der Waals surface area contributed by atoms with Crippen LogP contribution in [0.5, 0.6) is 17.2 Å². The number of carbonyl (C=O) groups is 1. The van der Waals surface area contributed by atoms with Gasteiger partial charge in [-0.15, -0.1) is 0 Å². The lowest BCUT2D eigenvalue weighted by atomic mass is 10.1. The lowest BCUT2D eigenvalue weighted by molar-refractivity contribution is -0.385. The number of aromatic nitrogens is 2. The molecule has 174 valence electrons. The molecule has 0 aliphatic heterocycles. The van der Waals surface area contributed by atoms with Crippen molar-refractivity contribution in [1.82, 2.24) is 9.97 Å². The molecule has 0 aliphatic carbocycles. The van der Waals surface area contributed by atoms with Crippen molar-refractivity contribution in [3.63, 3.8) is 0 Å². The number of rotatable bonds is 8. The van der Waals surface area contributed by atoms with E-state index in [1.54, 1.807) is 43.6 Å². The zero-order chi connectivity index (χ0) is 24.2. The molecule has 0 atom stereocenters. The van der Waals surface area contributed by atoms with Crippen molar-refractivity contribution in [3.05, 3.63) is 76.1 Å². The molecular weight excluding hydrogens is 460 g/mol. The third-order valence-corrected chi connectivity index (χ3v) is 6.09. The van der Waals surface area contributed by atoms with Crippen LogP contribution in [-0.4, -0.2) is 42.1 Å². The van der Waals surface area contributed by atoms with E-state index in [-0.39, 0.29) is 23.6 Å². The predicted molar refractivity (Wildman–Crippen MR) is 127 cm³/mol. The number of carbonyl (C=O) groups excluding carboxylic acids is 1. The van der Waals surface area contributed by atoms with Gasteiger partial charge >= 0.3 is 0 Å². The van der Waals surface area contributed by atoms with Crippen molar-refractivity contribution in [2.45, 2.75) is 6.54 Å². The molecule has 0 spiro atoms. The molecule has 1 amide bonds. The van der Waals surface area contributed by atoms with E-state index in [1.165, 1.54) is 42.6 Å². The fraction of sp³-hybridized carbons (Fsp3) is 0.174. The van der Waals surface area contributed by atoms with Gasteiger partial charge in [0.15, 0.2) is 16.6 Å². The van der Waals surface area contributed by atoms with Crippen molar-refractivity contribution in [1.29, 1.82) is 0 Å². The van der Waals surface area contributed by atoms with Gasteiger partial charge in [0.2, 0.25) is 0 Å². The quantitative estimate of drug-likeness (QED) is 0.268. The maximum atomic E-state index is 13.8. The number of nitro groups is 1. The van der Waals surface area contributed by atoms with E-state index >= 15 is 0 Å². The van der Waals surface area contributed by atoms with Crippen LogP contribution in [0, 0.1) is 10.1 Å². The first-order valence-electron chi connectivity index (χ1n) is 10.0. The predicted octanol–water partition coefficient (Wildman–Crippen LogP) is 4.47. The Morgan fingerprint density at radius 2 is 1.82 bits per heavy atom. The number of nitrogens with zero attached hydrogens (tertiary/aromatic N) is 4. The molecule has 34 heavy (non-hydrogen) atoms. The number of thiazole rings is 1. The van der Waals surface area contributed by atoms with Crippen LogP contribution in [-0.2, 0) is 6.54 Å². The Morgan fingerprint density at radius 3 is 2.47 bits per heavy atom. The van der Waals surface area contributed by atoms with Crippen LogP contribution < -0.4 is 19.1 Å². The van der Waals surface area contributed by atoms with Crippen LogP contribution in [0.25, 0.3) is 10.2 Å². The zero-order valence-corrected chi connectivity index (χ0v) is 19.4. The van der Waals surface area contributed by atoms with E-state index in [2.05, 4.69) is 9.97 Å². The Labute approximate surface area is 198 Å². The number of amides is 1. The van der Waals surface area contributed by atoms with E-state index in [9.17, 15) is 14.9 Å². The van der Waals surface area contributed by atoms with E-state index in [1.807, 2.05) is 6.07 Å². The fourth-order valence-corrected chi connectivity index (χ4v) is 4.30. The van der Waals surface area contributed by atoms with Gasteiger partial charge in [-0.25, -0.2) is 4.98 Å². The van der Waals surface area contributed by atoms with Crippen LogP contribution in [0.1, 0.15) is 16.1 Å². The van der Waals surface area contributed by atoms with Gasteiger partial charge in [-0.3, -0.25) is 24.8 Å². The summed E-state index contributed by atoms with van der Waals surface area (Å²) < 4.78 is 16.6.